The van der Waals surface area contributed by atoms with Gasteiger partial charge < -0.3 is 11.1 Å². The minimum Gasteiger partial charge on any atom is -0.399 e. The number of hydrogen-bond acceptors (Lipinski definition) is 3. The highest BCUT2D eigenvalue weighted by atomic mass is 32.2. The molecule has 1 aromatic carbocycles. The van der Waals surface area contributed by atoms with E-state index >= 15 is 0 Å². The number of thioether (sulfide) groups is 1. The monoisotopic (exact) mass is 296 g/mol. The van der Waals surface area contributed by atoms with Crippen LogP contribution in [0.3, 0.4) is 0 Å². The topological polar surface area (TPSA) is 55.1 Å². The Labute approximate surface area is 123 Å². The number of amides is 1. The van der Waals surface area contributed by atoms with Gasteiger partial charge in [0.15, 0.2) is 0 Å². The Balaban J connectivity index is 2.03. The second kappa shape index (κ2) is 6.48. The van der Waals surface area contributed by atoms with Gasteiger partial charge in [-0.2, -0.15) is 11.8 Å². The summed E-state index contributed by atoms with van der Waals surface area (Å²) in [6.07, 6.45) is 3.04. The second-order valence-electron chi connectivity index (χ2n) is 5.26. The van der Waals surface area contributed by atoms with Crippen LogP contribution in [0.5, 0.6) is 0 Å². The van der Waals surface area contributed by atoms with E-state index in [1.807, 2.05) is 11.8 Å². The number of carbonyl (C=O) groups is 1. The smallest absolute Gasteiger partial charge is 0.254 e. The molecule has 0 radical (unpaired) electrons. The van der Waals surface area contributed by atoms with Gasteiger partial charge in [-0.3, -0.25) is 4.79 Å². The summed E-state index contributed by atoms with van der Waals surface area (Å²) in [6, 6.07) is 3.09. The first-order chi connectivity index (χ1) is 9.51. The van der Waals surface area contributed by atoms with Crippen molar-refractivity contribution in [2.75, 3.05) is 11.5 Å². The molecule has 1 aliphatic rings. The summed E-state index contributed by atoms with van der Waals surface area (Å²) in [7, 11) is 0. The lowest BCUT2D eigenvalue weighted by atomic mass is 10.1. The van der Waals surface area contributed by atoms with Gasteiger partial charge in [0.2, 0.25) is 0 Å². The summed E-state index contributed by atoms with van der Waals surface area (Å²) in [5.74, 6) is 0.258. The lowest BCUT2D eigenvalue weighted by Crippen LogP contribution is -2.33. The van der Waals surface area contributed by atoms with E-state index in [4.69, 9.17) is 5.73 Å². The van der Waals surface area contributed by atoms with E-state index in [2.05, 4.69) is 12.2 Å². The molecule has 1 saturated carbocycles. The van der Waals surface area contributed by atoms with Crippen molar-refractivity contribution in [1.82, 2.24) is 5.32 Å². The van der Waals surface area contributed by atoms with E-state index in [0.29, 0.717) is 16.5 Å². The maximum Gasteiger partial charge on any atom is 0.254 e. The van der Waals surface area contributed by atoms with Crippen LogP contribution < -0.4 is 11.1 Å². The summed E-state index contributed by atoms with van der Waals surface area (Å²) >= 11 is 1.93. The molecule has 110 valence electrons. The Morgan fingerprint density at radius 2 is 2.25 bits per heavy atom. The lowest BCUT2D eigenvalue weighted by Gasteiger charge is -2.14. The summed E-state index contributed by atoms with van der Waals surface area (Å²) in [4.78, 5) is 12.2. The highest BCUT2D eigenvalue weighted by Crippen LogP contribution is 2.30. The average molecular weight is 296 g/mol. The van der Waals surface area contributed by atoms with Gasteiger partial charge in [-0.05, 0) is 49.6 Å². The molecule has 1 aliphatic carbocycles. The maximum atomic E-state index is 14.0. The van der Waals surface area contributed by atoms with Crippen LogP contribution in [-0.4, -0.2) is 23.0 Å². The molecule has 1 aromatic rings. The third-order valence-corrected chi connectivity index (χ3v) is 4.88. The molecular weight excluding hydrogens is 275 g/mol. The van der Waals surface area contributed by atoms with Crippen molar-refractivity contribution in [2.45, 2.75) is 44.4 Å². The van der Waals surface area contributed by atoms with Crippen LogP contribution in [0.1, 0.15) is 42.1 Å². The van der Waals surface area contributed by atoms with Gasteiger partial charge in [0.25, 0.3) is 5.91 Å². The van der Waals surface area contributed by atoms with Crippen LogP contribution >= 0.6 is 11.8 Å². The van der Waals surface area contributed by atoms with E-state index in [1.54, 1.807) is 6.92 Å². The molecule has 3 N–H and O–H groups in total. The number of nitrogens with one attached hydrogen (secondary N) is 1. The molecular formula is C15H21FN2OS. The number of anilines is 1. The molecule has 0 aromatic heterocycles. The fourth-order valence-electron chi connectivity index (χ4n) is 2.68. The molecule has 1 amide bonds. The quantitative estimate of drug-likeness (QED) is 0.839. The SMILES string of the molecule is CCSC1CCC(NC(=O)c2cc(N)cc(C)c2F)C1. The van der Waals surface area contributed by atoms with E-state index < -0.39 is 5.82 Å². The van der Waals surface area contributed by atoms with Crippen molar-refractivity contribution >= 4 is 23.4 Å². The normalized spacial score (nSPS) is 21.9. The number of rotatable bonds is 4. The van der Waals surface area contributed by atoms with E-state index in [1.165, 1.54) is 12.1 Å². The molecule has 0 heterocycles. The first-order valence-electron chi connectivity index (χ1n) is 6.99. The van der Waals surface area contributed by atoms with E-state index in [9.17, 15) is 9.18 Å². The molecule has 0 aliphatic heterocycles. The maximum absolute atomic E-state index is 14.0. The zero-order valence-corrected chi connectivity index (χ0v) is 12.7. The number of benzene rings is 1. The Morgan fingerprint density at radius 3 is 2.95 bits per heavy atom. The predicted molar refractivity (Wildman–Crippen MR) is 82.6 cm³/mol. The number of aryl methyl sites for hydroxylation is 1. The van der Waals surface area contributed by atoms with Gasteiger partial charge in [0, 0.05) is 17.0 Å². The molecule has 2 rings (SSSR count). The molecule has 2 unspecified atom stereocenters. The van der Waals surface area contributed by atoms with Crippen molar-refractivity contribution in [3.63, 3.8) is 0 Å². The highest BCUT2D eigenvalue weighted by molar-refractivity contribution is 7.99. The van der Waals surface area contributed by atoms with Gasteiger partial charge >= 0.3 is 0 Å². The zero-order valence-electron chi connectivity index (χ0n) is 11.9. The van der Waals surface area contributed by atoms with Crippen LogP contribution in [0.15, 0.2) is 12.1 Å². The molecule has 0 spiro atoms. The molecule has 5 heteroatoms. The summed E-state index contributed by atoms with van der Waals surface area (Å²) < 4.78 is 14.0. The minimum absolute atomic E-state index is 0.0501. The van der Waals surface area contributed by atoms with Crippen LogP contribution in [-0.2, 0) is 0 Å². The molecule has 2 atom stereocenters. The lowest BCUT2D eigenvalue weighted by molar-refractivity contribution is 0.0934. The minimum atomic E-state index is -0.478. The first kappa shape index (κ1) is 15.2. The zero-order chi connectivity index (χ0) is 14.7. The van der Waals surface area contributed by atoms with Crippen molar-refractivity contribution in [2.24, 2.45) is 0 Å². The van der Waals surface area contributed by atoms with Crippen molar-refractivity contribution < 1.29 is 9.18 Å². The van der Waals surface area contributed by atoms with Crippen LogP contribution in [0.2, 0.25) is 0 Å². The van der Waals surface area contributed by atoms with Crippen LogP contribution in [0, 0.1) is 12.7 Å². The molecule has 1 fully saturated rings. The van der Waals surface area contributed by atoms with Crippen molar-refractivity contribution in [3.8, 4) is 0 Å². The van der Waals surface area contributed by atoms with Crippen molar-refractivity contribution in [1.29, 1.82) is 0 Å². The summed E-state index contributed by atoms with van der Waals surface area (Å²) in [6.45, 7) is 3.76. The standard InChI is InChI=1S/C15H21FN2OS/c1-3-20-12-5-4-11(8-12)18-15(19)13-7-10(17)6-9(2)14(13)16/h6-7,11-12H,3-5,8,17H2,1-2H3,(H,18,19). The molecule has 3 nitrogen and oxygen atoms in total. The fraction of sp³-hybridized carbons (Fsp3) is 0.533. The number of nitrogen functional groups attached to an aromatic ring is 1. The summed E-state index contributed by atoms with van der Waals surface area (Å²) in [5, 5.41) is 3.54. The molecule has 0 bridgehead atoms. The highest BCUT2D eigenvalue weighted by Gasteiger charge is 2.27. The fourth-order valence-corrected chi connectivity index (χ4v) is 3.83. The van der Waals surface area contributed by atoms with Crippen LogP contribution in [0.25, 0.3) is 0 Å². The van der Waals surface area contributed by atoms with E-state index in [-0.39, 0.29) is 17.5 Å². The number of nitrogens with two attached hydrogens (primary N) is 1. The molecule has 0 saturated heterocycles. The second-order valence-corrected chi connectivity index (χ2v) is 6.84. The molecule has 20 heavy (non-hydrogen) atoms. The van der Waals surface area contributed by atoms with Gasteiger partial charge in [-0.25, -0.2) is 4.39 Å². The summed E-state index contributed by atoms with van der Waals surface area (Å²) in [5.41, 5.74) is 6.56. The van der Waals surface area contributed by atoms with Gasteiger partial charge in [-0.1, -0.05) is 6.92 Å². The third kappa shape index (κ3) is 3.45. The number of hydrogen-bond donors (Lipinski definition) is 2. The Bertz CT molecular complexity index is 507. The van der Waals surface area contributed by atoms with E-state index in [0.717, 1.165) is 25.0 Å². The predicted octanol–water partition coefficient (Wildman–Crippen LogP) is 3.12. The van der Waals surface area contributed by atoms with Gasteiger partial charge in [0.1, 0.15) is 5.82 Å². The Morgan fingerprint density at radius 1 is 1.50 bits per heavy atom. The number of halogens is 1. The van der Waals surface area contributed by atoms with Gasteiger partial charge in [0.05, 0.1) is 5.56 Å². The number of carbonyl (C=O) groups excluding carboxylic acids is 1. The van der Waals surface area contributed by atoms with Crippen LogP contribution in [0.4, 0.5) is 10.1 Å². The first-order valence-corrected chi connectivity index (χ1v) is 8.04. The Kier molecular flexibility index (Phi) is 4.91. The largest absolute Gasteiger partial charge is 0.399 e. The average Bonchev–Trinajstić information content (AvgIpc) is 2.81. The Hall–Kier alpha value is -1.23. The van der Waals surface area contributed by atoms with Gasteiger partial charge in [-0.15, -0.1) is 0 Å². The third-order valence-electron chi connectivity index (χ3n) is 3.64. The van der Waals surface area contributed by atoms with Crippen molar-refractivity contribution in [3.05, 3.63) is 29.1 Å².